The molecule has 2 aromatic rings. The molecule has 0 amide bonds. The number of aryl methyl sites for hydroxylation is 1. The van der Waals surface area contributed by atoms with Crippen LogP contribution in [0, 0.1) is 12.7 Å². The van der Waals surface area contributed by atoms with E-state index in [0.29, 0.717) is 41.7 Å². The fourth-order valence-electron chi connectivity index (χ4n) is 2.38. The second-order valence-corrected chi connectivity index (χ2v) is 4.36. The number of rotatable bonds is 0. The highest BCUT2D eigenvalue weighted by Gasteiger charge is 2.17. The molecular formula is C13H12FNO2. The summed E-state index contributed by atoms with van der Waals surface area (Å²) in [7, 11) is 0. The number of pyridine rings is 1. The Balaban J connectivity index is 2.44. The van der Waals surface area contributed by atoms with Gasteiger partial charge in [0.2, 0.25) is 0 Å². The fraction of sp³-hybridized carbons (Fsp3) is 0.308. The van der Waals surface area contributed by atoms with Crippen molar-refractivity contribution in [1.29, 1.82) is 0 Å². The van der Waals surface area contributed by atoms with Crippen LogP contribution in [0.3, 0.4) is 0 Å². The van der Waals surface area contributed by atoms with Crippen LogP contribution in [0.2, 0.25) is 0 Å². The molecule has 1 aliphatic rings. The molecule has 1 aromatic heterocycles. The Kier molecular flexibility index (Phi) is 2.26. The molecule has 0 radical (unpaired) electrons. The second-order valence-electron chi connectivity index (χ2n) is 4.36. The molecule has 3 rings (SSSR count). The zero-order valence-corrected chi connectivity index (χ0v) is 9.47. The molecule has 0 bridgehead atoms. The maximum absolute atomic E-state index is 13.3. The number of ether oxygens (including phenoxy) is 1. The molecule has 0 saturated heterocycles. The van der Waals surface area contributed by atoms with Gasteiger partial charge in [0.1, 0.15) is 5.82 Å². The highest BCUT2D eigenvalue weighted by molar-refractivity contribution is 5.83. The van der Waals surface area contributed by atoms with Gasteiger partial charge in [0.05, 0.1) is 18.7 Å². The van der Waals surface area contributed by atoms with E-state index < -0.39 is 0 Å². The predicted octanol–water partition coefficient (Wildman–Crippen LogP) is 2.05. The SMILES string of the molecule is Cc1cc(F)cc2[nH]c3c(c(=O)c12)COCC3. The molecule has 0 aliphatic carbocycles. The largest absolute Gasteiger partial charge is 0.376 e. The van der Waals surface area contributed by atoms with Gasteiger partial charge >= 0.3 is 0 Å². The van der Waals surface area contributed by atoms with Crippen molar-refractivity contribution < 1.29 is 9.13 Å². The van der Waals surface area contributed by atoms with Gasteiger partial charge in [-0.15, -0.1) is 0 Å². The average Bonchev–Trinajstić information content (AvgIpc) is 2.28. The lowest BCUT2D eigenvalue weighted by Crippen LogP contribution is -2.22. The molecule has 17 heavy (non-hydrogen) atoms. The van der Waals surface area contributed by atoms with Crippen LogP contribution in [0.4, 0.5) is 4.39 Å². The van der Waals surface area contributed by atoms with Crippen LogP contribution >= 0.6 is 0 Å². The average molecular weight is 233 g/mol. The molecule has 0 atom stereocenters. The van der Waals surface area contributed by atoms with E-state index in [1.165, 1.54) is 12.1 Å². The lowest BCUT2D eigenvalue weighted by atomic mass is 10.0. The molecule has 2 heterocycles. The van der Waals surface area contributed by atoms with Gasteiger partial charge < -0.3 is 9.72 Å². The van der Waals surface area contributed by atoms with E-state index in [1.54, 1.807) is 6.92 Å². The van der Waals surface area contributed by atoms with Gasteiger partial charge in [0.15, 0.2) is 5.43 Å². The third-order valence-corrected chi connectivity index (χ3v) is 3.19. The number of hydrogen-bond donors (Lipinski definition) is 1. The zero-order valence-electron chi connectivity index (χ0n) is 9.47. The summed E-state index contributed by atoms with van der Waals surface area (Å²) in [6.45, 7) is 2.69. The van der Waals surface area contributed by atoms with E-state index in [0.717, 1.165) is 5.69 Å². The number of halogens is 1. The smallest absolute Gasteiger partial charge is 0.195 e. The number of fused-ring (bicyclic) bond motifs is 2. The van der Waals surface area contributed by atoms with Gasteiger partial charge in [0.25, 0.3) is 0 Å². The Morgan fingerprint density at radius 3 is 3.06 bits per heavy atom. The summed E-state index contributed by atoms with van der Waals surface area (Å²) >= 11 is 0. The molecular weight excluding hydrogens is 221 g/mol. The Labute approximate surface area is 97.2 Å². The van der Waals surface area contributed by atoms with Gasteiger partial charge in [-0.2, -0.15) is 0 Å². The van der Waals surface area contributed by atoms with Crippen molar-refractivity contribution in [3.05, 3.63) is 45.0 Å². The van der Waals surface area contributed by atoms with Crippen LogP contribution in [0.15, 0.2) is 16.9 Å². The zero-order chi connectivity index (χ0) is 12.0. The molecule has 1 aromatic carbocycles. The Morgan fingerprint density at radius 2 is 2.24 bits per heavy atom. The van der Waals surface area contributed by atoms with Crippen LogP contribution in [0.5, 0.6) is 0 Å². The van der Waals surface area contributed by atoms with E-state index in [4.69, 9.17) is 4.74 Å². The highest BCUT2D eigenvalue weighted by Crippen LogP contribution is 2.20. The lowest BCUT2D eigenvalue weighted by Gasteiger charge is -2.17. The predicted molar refractivity (Wildman–Crippen MR) is 62.6 cm³/mol. The Morgan fingerprint density at radius 1 is 1.41 bits per heavy atom. The summed E-state index contributed by atoms with van der Waals surface area (Å²) in [5.74, 6) is -0.322. The third-order valence-electron chi connectivity index (χ3n) is 3.19. The minimum atomic E-state index is -0.322. The van der Waals surface area contributed by atoms with Crippen LogP contribution in [0.25, 0.3) is 10.9 Å². The van der Waals surface area contributed by atoms with Crippen LogP contribution < -0.4 is 5.43 Å². The number of aromatic nitrogens is 1. The topological polar surface area (TPSA) is 42.1 Å². The normalized spacial score (nSPS) is 14.9. The molecule has 0 spiro atoms. The van der Waals surface area contributed by atoms with E-state index in [1.807, 2.05) is 0 Å². The van der Waals surface area contributed by atoms with E-state index in [2.05, 4.69) is 4.98 Å². The van der Waals surface area contributed by atoms with Crippen molar-refractivity contribution in [1.82, 2.24) is 4.98 Å². The van der Waals surface area contributed by atoms with Crippen molar-refractivity contribution in [2.75, 3.05) is 6.61 Å². The number of nitrogens with one attached hydrogen (secondary N) is 1. The quantitative estimate of drug-likeness (QED) is 0.756. The Hall–Kier alpha value is -1.68. The third kappa shape index (κ3) is 1.56. The molecule has 88 valence electrons. The van der Waals surface area contributed by atoms with Crippen LogP contribution in [0.1, 0.15) is 16.8 Å². The van der Waals surface area contributed by atoms with Gasteiger partial charge in [-0.3, -0.25) is 4.79 Å². The molecule has 0 fully saturated rings. The highest BCUT2D eigenvalue weighted by atomic mass is 19.1. The maximum Gasteiger partial charge on any atom is 0.195 e. The molecule has 0 unspecified atom stereocenters. The van der Waals surface area contributed by atoms with Gasteiger partial charge in [0, 0.05) is 23.1 Å². The number of hydrogen-bond acceptors (Lipinski definition) is 2. The van der Waals surface area contributed by atoms with Gasteiger partial charge in [-0.1, -0.05) is 0 Å². The second kappa shape index (κ2) is 3.67. The lowest BCUT2D eigenvalue weighted by molar-refractivity contribution is 0.109. The first kappa shape index (κ1) is 10.5. The number of aromatic amines is 1. The molecule has 1 N–H and O–H groups in total. The standard InChI is InChI=1S/C13H12FNO2/c1-7-4-8(14)5-11-12(7)13(16)9-6-17-3-2-10(9)15-11/h4-5H,2-3,6H2,1H3,(H,15,16). The molecule has 0 saturated carbocycles. The Bertz CT molecular complexity index is 660. The molecule has 3 nitrogen and oxygen atoms in total. The molecule has 1 aliphatic heterocycles. The first-order valence-electron chi connectivity index (χ1n) is 5.58. The fourth-order valence-corrected chi connectivity index (χ4v) is 2.38. The minimum absolute atomic E-state index is 0.0362. The van der Waals surface area contributed by atoms with E-state index in [-0.39, 0.29) is 11.2 Å². The monoisotopic (exact) mass is 233 g/mol. The van der Waals surface area contributed by atoms with Crippen LogP contribution in [-0.2, 0) is 17.8 Å². The summed E-state index contributed by atoms with van der Waals surface area (Å²) < 4.78 is 18.6. The van der Waals surface area contributed by atoms with Crippen molar-refractivity contribution in [2.24, 2.45) is 0 Å². The van der Waals surface area contributed by atoms with Crippen molar-refractivity contribution >= 4 is 10.9 Å². The van der Waals surface area contributed by atoms with Crippen molar-refractivity contribution in [3.8, 4) is 0 Å². The number of benzene rings is 1. The molecule has 4 heteroatoms. The van der Waals surface area contributed by atoms with E-state index >= 15 is 0 Å². The summed E-state index contributed by atoms with van der Waals surface area (Å²) in [6.07, 6.45) is 0.677. The van der Waals surface area contributed by atoms with Crippen molar-refractivity contribution in [3.63, 3.8) is 0 Å². The summed E-state index contributed by atoms with van der Waals surface area (Å²) in [5, 5.41) is 0.565. The first-order chi connectivity index (χ1) is 8.16. The summed E-state index contributed by atoms with van der Waals surface area (Å²) in [5.41, 5.74) is 2.76. The summed E-state index contributed by atoms with van der Waals surface area (Å²) in [6, 6.07) is 2.76. The van der Waals surface area contributed by atoms with Crippen LogP contribution in [-0.4, -0.2) is 11.6 Å². The number of H-pyrrole nitrogens is 1. The van der Waals surface area contributed by atoms with E-state index in [9.17, 15) is 9.18 Å². The summed E-state index contributed by atoms with van der Waals surface area (Å²) in [4.78, 5) is 15.4. The van der Waals surface area contributed by atoms with Gasteiger partial charge in [-0.05, 0) is 24.6 Å². The first-order valence-corrected chi connectivity index (χ1v) is 5.58. The van der Waals surface area contributed by atoms with Gasteiger partial charge in [-0.25, -0.2) is 4.39 Å². The van der Waals surface area contributed by atoms with Crippen molar-refractivity contribution in [2.45, 2.75) is 20.0 Å². The maximum atomic E-state index is 13.3. The minimum Gasteiger partial charge on any atom is -0.376 e.